The molecule has 1 atom stereocenters. The Morgan fingerprint density at radius 2 is 2.32 bits per heavy atom. The number of aryl methyl sites for hydroxylation is 1. The predicted octanol–water partition coefficient (Wildman–Crippen LogP) is 1.69. The molecule has 1 saturated heterocycles. The average Bonchev–Trinajstić information content (AvgIpc) is 2.98. The predicted molar refractivity (Wildman–Crippen MR) is 67.7 cm³/mol. The number of urea groups is 1. The van der Waals surface area contributed by atoms with Crippen LogP contribution in [0, 0.1) is 6.92 Å². The molecule has 2 rings (SSSR count). The maximum atomic E-state index is 12.3. The Balaban J connectivity index is 2.03. The number of aliphatic carboxylic acids is 1. The van der Waals surface area contributed by atoms with Crippen LogP contribution in [0.25, 0.3) is 0 Å². The molecule has 0 spiro atoms. The van der Waals surface area contributed by atoms with Gasteiger partial charge in [0.15, 0.2) is 0 Å². The zero-order valence-electron chi connectivity index (χ0n) is 11.1. The summed E-state index contributed by atoms with van der Waals surface area (Å²) in [6.07, 6.45) is 2.85. The van der Waals surface area contributed by atoms with Crippen molar-refractivity contribution >= 4 is 12.0 Å². The number of nitrogens with zero attached hydrogens (tertiary/aromatic N) is 2. The van der Waals surface area contributed by atoms with Gasteiger partial charge in [0.2, 0.25) is 0 Å². The summed E-state index contributed by atoms with van der Waals surface area (Å²) >= 11 is 0. The number of carbonyl (C=O) groups is 2. The molecule has 0 bridgehead atoms. The third-order valence-electron chi connectivity index (χ3n) is 3.48. The fourth-order valence-electron chi connectivity index (χ4n) is 2.37. The monoisotopic (exact) mass is 266 g/mol. The molecule has 0 aliphatic carbocycles. The standard InChI is InChI=1S/C13H18N2O4/c1-9-10(5-7-19-9)8-14(2)13(18)15-6-3-4-11(15)12(16)17/h5,7,11H,3-4,6,8H2,1-2H3,(H,16,17)/t11-/m0/s1. The van der Waals surface area contributed by atoms with E-state index in [0.29, 0.717) is 19.5 Å². The third-order valence-corrected chi connectivity index (χ3v) is 3.48. The first-order valence-electron chi connectivity index (χ1n) is 6.28. The molecule has 6 nitrogen and oxygen atoms in total. The highest BCUT2D eigenvalue weighted by atomic mass is 16.4. The molecular formula is C13H18N2O4. The Hall–Kier alpha value is -1.98. The van der Waals surface area contributed by atoms with Gasteiger partial charge in [0.25, 0.3) is 0 Å². The van der Waals surface area contributed by atoms with Crippen LogP contribution in [-0.2, 0) is 11.3 Å². The van der Waals surface area contributed by atoms with Gasteiger partial charge in [-0.25, -0.2) is 9.59 Å². The largest absolute Gasteiger partial charge is 0.480 e. The second-order valence-electron chi connectivity index (χ2n) is 4.83. The number of carbonyl (C=O) groups excluding carboxylic acids is 1. The van der Waals surface area contributed by atoms with Gasteiger partial charge in [-0.1, -0.05) is 0 Å². The van der Waals surface area contributed by atoms with E-state index in [-0.39, 0.29) is 6.03 Å². The van der Waals surface area contributed by atoms with Crippen LogP contribution in [0.3, 0.4) is 0 Å². The molecule has 0 radical (unpaired) electrons. The van der Waals surface area contributed by atoms with Gasteiger partial charge in [-0.05, 0) is 25.8 Å². The fourth-order valence-corrected chi connectivity index (χ4v) is 2.37. The fraction of sp³-hybridized carbons (Fsp3) is 0.538. The topological polar surface area (TPSA) is 74.0 Å². The molecule has 1 aromatic heterocycles. The van der Waals surface area contributed by atoms with Crippen molar-refractivity contribution < 1.29 is 19.1 Å². The van der Waals surface area contributed by atoms with Crippen LogP contribution in [0.1, 0.15) is 24.2 Å². The number of carboxylic acid groups (broad SMARTS) is 1. The molecule has 1 aliphatic rings. The highest BCUT2D eigenvalue weighted by Gasteiger charge is 2.35. The molecule has 2 amide bonds. The highest BCUT2D eigenvalue weighted by molar-refractivity contribution is 5.83. The minimum atomic E-state index is -0.932. The summed E-state index contributed by atoms with van der Waals surface area (Å²) in [5.74, 6) is -0.158. The number of amides is 2. The van der Waals surface area contributed by atoms with Gasteiger partial charge in [-0.2, -0.15) is 0 Å². The number of hydrogen-bond acceptors (Lipinski definition) is 3. The first-order valence-corrected chi connectivity index (χ1v) is 6.28. The summed E-state index contributed by atoms with van der Waals surface area (Å²) in [6.45, 7) is 2.76. The lowest BCUT2D eigenvalue weighted by molar-refractivity contribution is -0.141. The van der Waals surface area contributed by atoms with E-state index in [0.717, 1.165) is 17.7 Å². The first-order chi connectivity index (χ1) is 9.00. The second-order valence-corrected chi connectivity index (χ2v) is 4.83. The summed E-state index contributed by atoms with van der Waals surface area (Å²) in [4.78, 5) is 26.3. The van der Waals surface area contributed by atoms with E-state index in [2.05, 4.69) is 0 Å². The van der Waals surface area contributed by atoms with Crippen LogP contribution < -0.4 is 0 Å². The number of furan rings is 1. The summed E-state index contributed by atoms with van der Waals surface area (Å²) in [6, 6.07) is 0.878. The Morgan fingerprint density at radius 3 is 2.89 bits per heavy atom. The van der Waals surface area contributed by atoms with E-state index >= 15 is 0 Å². The second kappa shape index (κ2) is 5.34. The number of rotatable bonds is 3. The molecule has 0 aromatic carbocycles. The SMILES string of the molecule is Cc1occc1CN(C)C(=O)N1CCC[C@H]1C(=O)O. The smallest absolute Gasteiger partial charge is 0.326 e. The summed E-state index contributed by atoms with van der Waals surface area (Å²) in [7, 11) is 1.67. The van der Waals surface area contributed by atoms with E-state index < -0.39 is 12.0 Å². The Kier molecular flexibility index (Phi) is 3.78. The van der Waals surface area contributed by atoms with Crippen molar-refractivity contribution in [2.45, 2.75) is 32.4 Å². The lowest BCUT2D eigenvalue weighted by Crippen LogP contribution is -2.46. The lowest BCUT2D eigenvalue weighted by Gasteiger charge is -2.27. The van der Waals surface area contributed by atoms with Gasteiger partial charge in [0.05, 0.1) is 12.8 Å². The van der Waals surface area contributed by atoms with Crippen LogP contribution in [0.4, 0.5) is 4.79 Å². The first kappa shape index (κ1) is 13.5. The van der Waals surface area contributed by atoms with Crippen molar-refractivity contribution in [3.05, 3.63) is 23.7 Å². The molecule has 2 heterocycles. The van der Waals surface area contributed by atoms with Gasteiger partial charge in [-0.15, -0.1) is 0 Å². The van der Waals surface area contributed by atoms with Crippen molar-refractivity contribution in [2.75, 3.05) is 13.6 Å². The van der Waals surface area contributed by atoms with Crippen LogP contribution in [-0.4, -0.2) is 46.5 Å². The molecule has 1 fully saturated rings. The minimum absolute atomic E-state index is 0.245. The van der Waals surface area contributed by atoms with E-state index in [1.807, 2.05) is 13.0 Å². The van der Waals surface area contributed by atoms with Crippen molar-refractivity contribution in [3.63, 3.8) is 0 Å². The third kappa shape index (κ3) is 2.72. The summed E-state index contributed by atoms with van der Waals surface area (Å²) < 4.78 is 5.18. The molecule has 19 heavy (non-hydrogen) atoms. The van der Waals surface area contributed by atoms with Crippen molar-refractivity contribution in [3.8, 4) is 0 Å². The Morgan fingerprint density at radius 1 is 1.58 bits per heavy atom. The highest BCUT2D eigenvalue weighted by Crippen LogP contribution is 2.20. The van der Waals surface area contributed by atoms with E-state index in [1.54, 1.807) is 13.3 Å². The number of likely N-dealkylation sites (tertiary alicyclic amines) is 1. The van der Waals surface area contributed by atoms with Gasteiger partial charge in [0.1, 0.15) is 11.8 Å². The molecule has 0 saturated carbocycles. The molecule has 6 heteroatoms. The molecule has 1 N–H and O–H groups in total. The van der Waals surface area contributed by atoms with Crippen LogP contribution in [0.2, 0.25) is 0 Å². The maximum absolute atomic E-state index is 12.3. The van der Waals surface area contributed by atoms with Gasteiger partial charge in [0, 0.05) is 19.2 Å². The minimum Gasteiger partial charge on any atom is -0.480 e. The van der Waals surface area contributed by atoms with Crippen molar-refractivity contribution in [1.29, 1.82) is 0 Å². The molecule has 104 valence electrons. The number of carboxylic acids is 1. The van der Waals surface area contributed by atoms with E-state index in [1.165, 1.54) is 9.80 Å². The summed E-state index contributed by atoms with van der Waals surface area (Å²) in [5, 5.41) is 9.09. The van der Waals surface area contributed by atoms with Crippen LogP contribution >= 0.6 is 0 Å². The average molecular weight is 266 g/mol. The number of hydrogen-bond donors (Lipinski definition) is 1. The molecule has 1 aromatic rings. The van der Waals surface area contributed by atoms with Crippen LogP contribution in [0.5, 0.6) is 0 Å². The quantitative estimate of drug-likeness (QED) is 0.903. The normalized spacial score (nSPS) is 18.6. The van der Waals surface area contributed by atoms with Crippen molar-refractivity contribution in [1.82, 2.24) is 9.80 Å². The molecular weight excluding hydrogens is 248 g/mol. The van der Waals surface area contributed by atoms with E-state index in [4.69, 9.17) is 9.52 Å². The molecule has 0 unspecified atom stereocenters. The lowest BCUT2D eigenvalue weighted by atomic mass is 10.2. The summed E-state index contributed by atoms with van der Waals surface area (Å²) in [5.41, 5.74) is 0.932. The Bertz CT molecular complexity index is 483. The van der Waals surface area contributed by atoms with Gasteiger partial charge < -0.3 is 19.3 Å². The Labute approximate surface area is 111 Å². The zero-order chi connectivity index (χ0) is 14.0. The zero-order valence-corrected chi connectivity index (χ0v) is 11.1. The van der Waals surface area contributed by atoms with Gasteiger partial charge >= 0.3 is 12.0 Å². The van der Waals surface area contributed by atoms with E-state index in [9.17, 15) is 9.59 Å². The van der Waals surface area contributed by atoms with Gasteiger partial charge in [-0.3, -0.25) is 0 Å². The maximum Gasteiger partial charge on any atom is 0.326 e. The molecule has 1 aliphatic heterocycles. The van der Waals surface area contributed by atoms with Crippen LogP contribution in [0.15, 0.2) is 16.7 Å². The van der Waals surface area contributed by atoms with Crippen molar-refractivity contribution in [2.24, 2.45) is 0 Å².